The van der Waals surface area contributed by atoms with Gasteiger partial charge in [-0.15, -0.1) is 0 Å². The number of anilines is 1. The predicted molar refractivity (Wildman–Crippen MR) is 94.0 cm³/mol. The van der Waals surface area contributed by atoms with Crippen LogP contribution in [-0.4, -0.2) is 19.0 Å². The third kappa shape index (κ3) is 4.92. The standard InChI is InChI=1S/C18H18BrN3O/c1-13(22(2)12-15-3-7-16(19)8-4-15)18(23)21-17-9-5-14(11-20)6-10-17/h3-10,13H,12H2,1-2H3,(H,21,23)/p+1/t13-/m0/s1. The minimum absolute atomic E-state index is 0.0377. The zero-order chi connectivity index (χ0) is 16.8. The maximum absolute atomic E-state index is 12.3. The van der Waals surface area contributed by atoms with Crippen molar-refractivity contribution in [3.63, 3.8) is 0 Å². The highest BCUT2D eigenvalue weighted by Crippen LogP contribution is 2.10. The average molecular weight is 373 g/mol. The molecule has 0 aliphatic heterocycles. The van der Waals surface area contributed by atoms with E-state index in [0.29, 0.717) is 11.3 Å². The molecule has 2 N–H and O–H groups in total. The van der Waals surface area contributed by atoms with Crippen molar-refractivity contribution in [1.29, 1.82) is 5.26 Å². The number of nitriles is 1. The van der Waals surface area contributed by atoms with Crippen LogP contribution in [0.2, 0.25) is 0 Å². The smallest absolute Gasteiger partial charge is 0.282 e. The number of rotatable bonds is 5. The molecule has 23 heavy (non-hydrogen) atoms. The molecule has 2 atom stereocenters. The van der Waals surface area contributed by atoms with Gasteiger partial charge in [-0.2, -0.15) is 5.26 Å². The lowest BCUT2D eigenvalue weighted by Gasteiger charge is -2.21. The van der Waals surface area contributed by atoms with Gasteiger partial charge < -0.3 is 10.2 Å². The van der Waals surface area contributed by atoms with Gasteiger partial charge in [0.1, 0.15) is 6.54 Å². The summed E-state index contributed by atoms with van der Waals surface area (Å²) < 4.78 is 1.05. The van der Waals surface area contributed by atoms with Crippen molar-refractivity contribution in [2.24, 2.45) is 0 Å². The Labute approximate surface area is 144 Å². The van der Waals surface area contributed by atoms with Crippen LogP contribution in [0.5, 0.6) is 0 Å². The van der Waals surface area contributed by atoms with Crippen molar-refractivity contribution in [2.45, 2.75) is 19.5 Å². The minimum Gasteiger partial charge on any atom is -0.324 e. The zero-order valence-corrected chi connectivity index (χ0v) is 14.7. The van der Waals surface area contributed by atoms with Crippen LogP contribution in [0.15, 0.2) is 53.0 Å². The number of halogens is 1. The Bertz CT molecular complexity index is 705. The summed E-state index contributed by atoms with van der Waals surface area (Å²) in [7, 11) is 2.01. The number of hydrogen-bond acceptors (Lipinski definition) is 2. The second kappa shape index (κ2) is 7.91. The first-order valence-corrected chi connectivity index (χ1v) is 8.16. The van der Waals surface area contributed by atoms with E-state index in [0.717, 1.165) is 15.9 Å². The SMILES string of the molecule is C[C@@H](C(=O)Nc1ccc(C#N)cc1)[NH+](C)Cc1ccc(Br)cc1. The molecule has 0 saturated carbocycles. The number of nitrogens with zero attached hydrogens (tertiary/aromatic N) is 1. The van der Waals surface area contributed by atoms with E-state index in [9.17, 15) is 4.79 Å². The zero-order valence-electron chi connectivity index (χ0n) is 13.1. The first kappa shape index (κ1) is 17.2. The van der Waals surface area contributed by atoms with Gasteiger partial charge in [0, 0.05) is 15.7 Å². The Kier molecular flexibility index (Phi) is 5.91. The minimum atomic E-state index is -0.186. The molecule has 5 heteroatoms. The van der Waals surface area contributed by atoms with Gasteiger partial charge in [0.15, 0.2) is 6.04 Å². The summed E-state index contributed by atoms with van der Waals surface area (Å²) in [4.78, 5) is 13.5. The molecule has 1 amide bonds. The fourth-order valence-electron chi connectivity index (χ4n) is 2.18. The number of quaternary nitrogens is 1. The molecule has 118 valence electrons. The van der Waals surface area contributed by atoms with Gasteiger partial charge in [0.25, 0.3) is 5.91 Å². The first-order valence-electron chi connectivity index (χ1n) is 7.37. The summed E-state index contributed by atoms with van der Waals surface area (Å²) in [5.74, 6) is -0.0377. The lowest BCUT2D eigenvalue weighted by atomic mass is 10.2. The van der Waals surface area contributed by atoms with Crippen LogP contribution in [0.4, 0.5) is 5.69 Å². The van der Waals surface area contributed by atoms with Crippen LogP contribution in [0.25, 0.3) is 0 Å². The van der Waals surface area contributed by atoms with E-state index in [-0.39, 0.29) is 11.9 Å². The first-order chi connectivity index (χ1) is 11.0. The van der Waals surface area contributed by atoms with Gasteiger partial charge in [0.2, 0.25) is 0 Å². The molecule has 0 fully saturated rings. The Balaban J connectivity index is 1.95. The summed E-state index contributed by atoms with van der Waals surface area (Å²) in [6.07, 6.45) is 0. The molecule has 2 rings (SSSR count). The third-order valence-electron chi connectivity index (χ3n) is 3.81. The summed E-state index contributed by atoms with van der Waals surface area (Å²) in [6, 6.07) is 16.9. The number of hydrogen-bond donors (Lipinski definition) is 2. The third-order valence-corrected chi connectivity index (χ3v) is 4.34. The molecule has 0 aromatic heterocycles. The number of carbonyl (C=O) groups is 1. The maximum atomic E-state index is 12.3. The second-order valence-corrected chi connectivity index (χ2v) is 6.47. The fraction of sp³-hybridized carbons (Fsp3) is 0.222. The predicted octanol–water partition coefficient (Wildman–Crippen LogP) is 2.36. The lowest BCUT2D eigenvalue weighted by Crippen LogP contribution is -3.12. The second-order valence-electron chi connectivity index (χ2n) is 5.55. The largest absolute Gasteiger partial charge is 0.324 e. The van der Waals surface area contributed by atoms with Gasteiger partial charge in [-0.3, -0.25) is 4.79 Å². The highest BCUT2D eigenvalue weighted by molar-refractivity contribution is 9.10. The number of benzene rings is 2. The molecule has 0 aliphatic rings. The van der Waals surface area contributed by atoms with Gasteiger partial charge in [-0.1, -0.05) is 28.1 Å². The van der Waals surface area contributed by atoms with Gasteiger partial charge >= 0.3 is 0 Å². The van der Waals surface area contributed by atoms with E-state index >= 15 is 0 Å². The maximum Gasteiger partial charge on any atom is 0.282 e. The highest BCUT2D eigenvalue weighted by Gasteiger charge is 2.22. The molecular formula is C18H19BrN3O+. The van der Waals surface area contributed by atoms with E-state index in [4.69, 9.17) is 5.26 Å². The number of carbonyl (C=O) groups excluding carboxylic acids is 1. The normalized spacial score (nSPS) is 13.0. The highest BCUT2D eigenvalue weighted by atomic mass is 79.9. The van der Waals surface area contributed by atoms with E-state index in [2.05, 4.69) is 39.4 Å². The Morgan fingerprint density at radius 2 is 1.83 bits per heavy atom. The van der Waals surface area contributed by atoms with E-state index in [1.807, 2.05) is 26.1 Å². The molecule has 0 spiro atoms. The van der Waals surface area contributed by atoms with E-state index in [1.54, 1.807) is 24.3 Å². The molecular weight excluding hydrogens is 354 g/mol. The van der Waals surface area contributed by atoms with E-state index < -0.39 is 0 Å². The monoisotopic (exact) mass is 372 g/mol. The molecule has 0 heterocycles. The molecule has 0 bridgehead atoms. The summed E-state index contributed by atoms with van der Waals surface area (Å²) in [6.45, 7) is 2.68. The number of amides is 1. The summed E-state index contributed by atoms with van der Waals surface area (Å²) in [5.41, 5.74) is 2.47. The molecule has 1 unspecified atom stereocenters. The topological polar surface area (TPSA) is 57.3 Å². The Morgan fingerprint density at radius 1 is 1.22 bits per heavy atom. The van der Waals surface area contributed by atoms with Crippen molar-refractivity contribution in [1.82, 2.24) is 0 Å². The average Bonchev–Trinajstić information content (AvgIpc) is 2.56. The fourth-order valence-corrected chi connectivity index (χ4v) is 2.44. The van der Waals surface area contributed by atoms with Crippen LogP contribution in [0.3, 0.4) is 0 Å². The van der Waals surface area contributed by atoms with Crippen molar-refractivity contribution < 1.29 is 9.69 Å². The molecule has 2 aromatic carbocycles. The number of nitrogens with one attached hydrogen (secondary N) is 2. The number of likely N-dealkylation sites (N-methyl/N-ethyl adjacent to an activating group) is 1. The molecule has 4 nitrogen and oxygen atoms in total. The molecule has 2 aromatic rings. The molecule has 0 saturated heterocycles. The van der Waals surface area contributed by atoms with Crippen LogP contribution in [-0.2, 0) is 11.3 Å². The van der Waals surface area contributed by atoms with Crippen LogP contribution >= 0.6 is 15.9 Å². The van der Waals surface area contributed by atoms with Crippen LogP contribution in [0, 0.1) is 11.3 Å². The quantitative estimate of drug-likeness (QED) is 0.846. The molecule has 0 radical (unpaired) electrons. The Hall–Kier alpha value is -2.16. The lowest BCUT2D eigenvalue weighted by molar-refractivity contribution is -0.907. The van der Waals surface area contributed by atoms with Gasteiger partial charge in [-0.25, -0.2) is 0 Å². The van der Waals surface area contributed by atoms with Crippen molar-refractivity contribution in [3.8, 4) is 6.07 Å². The van der Waals surface area contributed by atoms with Crippen molar-refractivity contribution in [2.75, 3.05) is 12.4 Å². The van der Waals surface area contributed by atoms with Gasteiger partial charge in [-0.05, 0) is 43.3 Å². The van der Waals surface area contributed by atoms with E-state index in [1.165, 1.54) is 5.56 Å². The molecule has 0 aliphatic carbocycles. The Morgan fingerprint density at radius 3 is 2.39 bits per heavy atom. The summed E-state index contributed by atoms with van der Waals surface area (Å²) >= 11 is 3.42. The van der Waals surface area contributed by atoms with Crippen molar-refractivity contribution >= 4 is 27.5 Å². The van der Waals surface area contributed by atoms with Crippen LogP contribution in [0.1, 0.15) is 18.1 Å². The van der Waals surface area contributed by atoms with Crippen molar-refractivity contribution in [3.05, 3.63) is 64.1 Å². The van der Waals surface area contributed by atoms with Gasteiger partial charge in [0.05, 0.1) is 18.7 Å². The van der Waals surface area contributed by atoms with Crippen LogP contribution < -0.4 is 10.2 Å². The summed E-state index contributed by atoms with van der Waals surface area (Å²) in [5, 5.41) is 11.7.